The van der Waals surface area contributed by atoms with Crippen molar-refractivity contribution >= 4 is 16.6 Å². The maximum Gasteiger partial charge on any atom is 0.163 e. The molecule has 0 amide bonds. The fourth-order valence-corrected chi connectivity index (χ4v) is 2.47. The van der Waals surface area contributed by atoms with Crippen LogP contribution < -0.4 is 0 Å². The minimum absolute atomic E-state index is 0.0749. The molecule has 0 saturated carbocycles. The summed E-state index contributed by atoms with van der Waals surface area (Å²) in [5.74, 6) is -0.212. The Labute approximate surface area is 92.9 Å². The van der Waals surface area contributed by atoms with Gasteiger partial charge in [-0.3, -0.25) is 4.79 Å². The van der Waals surface area contributed by atoms with Crippen LogP contribution in [0, 0.1) is 5.82 Å². The van der Waals surface area contributed by atoms with Crippen molar-refractivity contribution in [1.82, 2.24) is 0 Å². The van der Waals surface area contributed by atoms with Crippen LogP contribution >= 0.6 is 0 Å². The number of rotatable bonds is 0. The van der Waals surface area contributed by atoms with E-state index in [2.05, 4.69) is 0 Å². The van der Waals surface area contributed by atoms with Crippen molar-refractivity contribution in [2.24, 2.45) is 0 Å². The van der Waals surface area contributed by atoms with Crippen LogP contribution in [0.15, 0.2) is 30.3 Å². The summed E-state index contributed by atoms with van der Waals surface area (Å²) in [6.07, 6.45) is 2.30. The van der Waals surface area contributed by atoms with Gasteiger partial charge < -0.3 is 0 Å². The van der Waals surface area contributed by atoms with Crippen LogP contribution in [0.5, 0.6) is 0 Å². The molecule has 0 aromatic heterocycles. The molecule has 2 aromatic carbocycles. The van der Waals surface area contributed by atoms with Gasteiger partial charge in [0.05, 0.1) is 0 Å². The third-order valence-electron chi connectivity index (χ3n) is 3.24. The number of ketones is 1. The lowest BCUT2D eigenvalue weighted by atomic mass is 9.87. The molecule has 0 aliphatic heterocycles. The maximum absolute atomic E-state index is 13.8. The van der Waals surface area contributed by atoms with Crippen LogP contribution in [0.3, 0.4) is 0 Å². The molecule has 16 heavy (non-hydrogen) atoms. The van der Waals surface area contributed by atoms with Gasteiger partial charge >= 0.3 is 0 Å². The summed E-state index contributed by atoms with van der Waals surface area (Å²) in [6.45, 7) is 0. The lowest BCUT2D eigenvalue weighted by Gasteiger charge is -2.17. The van der Waals surface area contributed by atoms with Gasteiger partial charge in [0.15, 0.2) is 5.78 Å². The van der Waals surface area contributed by atoms with Crippen molar-refractivity contribution in [1.29, 1.82) is 0 Å². The first-order valence-corrected chi connectivity index (χ1v) is 5.50. The Morgan fingerprint density at radius 2 is 1.81 bits per heavy atom. The van der Waals surface area contributed by atoms with Gasteiger partial charge in [0, 0.05) is 17.4 Å². The fourth-order valence-electron chi connectivity index (χ4n) is 2.47. The molecule has 0 heterocycles. The standard InChI is InChI=1S/C14H11FO/c15-13-8-12-10(6-3-7-14(12)16)9-4-1-2-5-11(9)13/h1-2,4-5,8H,3,6-7H2. The van der Waals surface area contributed by atoms with Crippen LogP contribution in [-0.4, -0.2) is 5.78 Å². The molecule has 1 aliphatic rings. The summed E-state index contributed by atoms with van der Waals surface area (Å²) in [5.41, 5.74) is 1.61. The molecule has 2 heteroatoms. The Kier molecular flexibility index (Phi) is 2.03. The maximum atomic E-state index is 13.8. The summed E-state index contributed by atoms with van der Waals surface area (Å²) in [4.78, 5) is 11.7. The van der Waals surface area contributed by atoms with Gasteiger partial charge in [-0.15, -0.1) is 0 Å². The predicted molar refractivity (Wildman–Crippen MR) is 61.2 cm³/mol. The second kappa shape index (κ2) is 3.41. The van der Waals surface area contributed by atoms with E-state index in [-0.39, 0.29) is 11.6 Å². The molecule has 0 unspecified atom stereocenters. The van der Waals surface area contributed by atoms with Crippen LogP contribution in [0.1, 0.15) is 28.8 Å². The molecule has 80 valence electrons. The Morgan fingerprint density at radius 3 is 2.62 bits per heavy atom. The number of fused-ring (bicyclic) bond motifs is 3. The van der Waals surface area contributed by atoms with Gasteiger partial charge in [-0.1, -0.05) is 24.3 Å². The molecule has 3 rings (SSSR count). The molecular weight excluding hydrogens is 203 g/mol. The molecule has 0 radical (unpaired) electrons. The lowest BCUT2D eigenvalue weighted by Crippen LogP contribution is -2.11. The van der Waals surface area contributed by atoms with E-state index in [0.717, 1.165) is 23.8 Å². The molecule has 0 fully saturated rings. The third kappa shape index (κ3) is 1.26. The van der Waals surface area contributed by atoms with Gasteiger partial charge in [-0.2, -0.15) is 0 Å². The molecule has 0 bridgehead atoms. The summed E-state index contributed by atoms with van der Waals surface area (Å²) >= 11 is 0. The summed E-state index contributed by atoms with van der Waals surface area (Å²) in [6, 6.07) is 8.78. The minimum atomic E-state index is -0.287. The number of Topliss-reactive ketones (excluding diaryl/α,β-unsaturated/α-hetero) is 1. The summed E-state index contributed by atoms with van der Waals surface area (Å²) in [5, 5.41) is 1.52. The van der Waals surface area contributed by atoms with Crippen molar-refractivity contribution in [3.05, 3.63) is 47.3 Å². The normalized spacial score (nSPS) is 15.2. The number of carbonyl (C=O) groups excluding carboxylic acids is 1. The number of hydrogen-bond acceptors (Lipinski definition) is 1. The van der Waals surface area contributed by atoms with E-state index >= 15 is 0 Å². The topological polar surface area (TPSA) is 17.1 Å². The van der Waals surface area contributed by atoms with E-state index in [9.17, 15) is 9.18 Å². The second-order valence-electron chi connectivity index (χ2n) is 4.21. The van der Waals surface area contributed by atoms with Crippen molar-refractivity contribution in [3.63, 3.8) is 0 Å². The number of halogens is 1. The second-order valence-corrected chi connectivity index (χ2v) is 4.21. The van der Waals surface area contributed by atoms with E-state index in [1.165, 1.54) is 6.07 Å². The van der Waals surface area contributed by atoms with E-state index in [4.69, 9.17) is 0 Å². The van der Waals surface area contributed by atoms with Crippen LogP contribution in [0.2, 0.25) is 0 Å². The number of aryl methyl sites for hydroxylation is 1. The van der Waals surface area contributed by atoms with Crippen LogP contribution in [-0.2, 0) is 6.42 Å². The first-order chi connectivity index (χ1) is 7.77. The van der Waals surface area contributed by atoms with Crippen molar-refractivity contribution in [2.75, 3.05) is 0 Å². The van der Waals surface area contributed by atoms with Gasteiger partial charge in [0.25, 0.3) is 0 Å². The number of hydrogen-bond donors (Lipinski definition) is 0. The molecular formula is C14H11FO. The van der Waals surface area contributed by atoms with E-state index in [1.807, 2.05) is 18.2 Å². The van der Waals surface area contributed by atoms with E-state index in [0.29, 0.717) is 17.4 Å². The monoisotopic (exact) mass is 214 g/mol. The molecule has 0 spiro atoms. The summed E-state index contributed by atoms with van der Waals surface area (Å²) < 4.78 is 13.8. The Hall–Kier alpha value is -1.70. The number of benzene rings is 2. The SMILES string of the molecule is O=C1CCCc2c1cc(F)c1ccccc21. The number of carbonyl (C=O) groups is 1. The van der Waals surface area contributed by atoms with Gasteiger partial charge in [0.2, 0.25) is 0 Å². The predicted octanol–water partition coefficient (Wildman–Crippen LogP) is 3.50. The first-order valence-electron chi connectivity index (χ1n) is 5.50. The van der Waals surface area contributed by atoms with Crippen molar-refractivity contribution < 1.29 is 9.18 Å². The lowest BCUT2D eigenvalue weighted by molar-refractivity contribution is 0.0972. The Morgan fingerprint density at radius 1 is 1.06 bits per heavy atom. The highest BCUT2D eigenvalue weighted by Gasteiger charge is 2.20. The molecule has 1 aliphatic carbocycles. The quantitative estimate of drug-likeness (QED) is 0.656. The average Bonchev–Trinajstić information content (AvgIpc) is 2.31. The first kappa shape index (κ1) is 9.52. The van der Waals surface area contributed by atoms with Gasteiger partial charge in [0.1, 0.15) is 5.82 Å². The van der Waals surface area contributed by atoms with Crippen LogP contribution in [0.25, 0.3) is 10.8 Å². The smallest absolute Gasteiger partial charge is 0.163 e. The molecule has 0 saturated heterocycles. The zero-order valence-electron chi connectivity index (χ0n) is 8.79. The zero-order chi connectivity index (χ0) is 11.1. The highest BCUT2D eigenvalue weighted by atomic mass is 19.1. The van der Waals surface area contributed by atoms with Gasteiger partial charge in [-0.25, -0.2) is 4.39 Å². The molecule has 1 nitrogen and oxygen atoms in total. The average molecular weight is 214 g/mol. The molecule has 0 atom stereocenters. The Bertz CT molecular complexity index is 587. The highest BCUT2D eigenvalue weighted by Crippen LogP contribution is 2.30. The highest BCUT2D eigenvalue weighted by molar-refractivity contribution is 6.03. The molecule has 2 aromatic rings. The summed E-state index contributed by atoms with van der Waals surface area (Å²) in [7, 11) is 0. The Balaban J connectivity index is 2.43. The van der Waals surface area contributed by atoms with E-state index in [1.54, 1.807) is 6.07 Å². The van der Waals surface area contributed by atoms with E-state index < -0.39 is 0 Å². The minimum Gasteiger partial charge on any atom is -0.294 e. The zero-order valence-corrected chi connectivity index (χ0v) is 8.79. The molecule has 0 N–H and O–H groups in total. The largest absolute Gasteiger partial charge is 0.294 e. The van der Waals surface area contributed by atoms with Crippen molar-refractivity contribution in [2.45, 2.75) is 19.3 Å². The third-order valence-corrected chi connectivity index (χ3v) is 3.24. The fraction of sp³-hybridized carbons (Fsp3) is 0.214. The van der Waals surface area contributed by atoms with Crippen molar-refractivity contribution in [3.8, 4) is 0 Å². The van der Waals surface area contributed by atoms with Gasteiger partial charge in [-0.05, 0) is 29.9 Å². The van der Waals surface area contributed by atoms with Crippen LogP contribution in [0.4, 0.5) is 4.39 Å².